The number of allylic oxidation sites excluding steroid dienone is 4. The van der Waals surface area contributed by atoms with Crippen molar-refractivity contribution in [2.75, 3.05) is 6.54 Å². The monoisotopic (exact) mass is 237 g/mol. The number of rotatable bonds is 8. The lowest BCUT2D eigenvalue weighted by Crippen LogP contribution is -2.16. The van der Waals surface area contributed by atoms with E-state index >= 15 is 0 Å². The highest BCUT2D eigenvalue weighted by atomic mass is 14.5. The van der Waals surface area contributed by atoms with Gasteiger partial charge in [-0.1, -0.05) is 37.1 Å². The molecule has 0 aliphatic carbocycles. The van der Waals surface area contributed by atoms with E-state index in [1.54, 1.807) is 0 Å². The average Bonchev–Trinajstić information content (AvgIpc) is 2.16. The smallest absolute Gasteiger partial charge is 0.00722 e. The topological polar surface area (TPSA) is 26.0 Å². The summed E-state index contributed by atoms with van der Waals surface area (Å²) >= 11 is 0. The molecular formula is C16H31N. The highest BCUT2D eigenvalue weighted by molar-refractivity contribution is 5.02. The third-order valence-electron chi connectivity index (χ3n) is 3.23. The second-order valence-electron chi connectivity index (χ2n) is 6.11. The van der Waals surface area contributed by atoms with Crippen LogP contribution in [-0.2, 0) is 0 Å². The summed E-state index contributed by atoms with van der Waals surface area (Å²) in [5.41, 5.74) is 8.95. The standard InChI is InChI=1S/C16H31N/c1-14(2)8-6-9-15(3)10-7-11-16(4,5)12-13-17/h8,10H,6-7,9,11-13,17H2,1-5H3. The predicted molar refractivity (Wildman–Crippen MR) is 79.1 cm³/mol. The van der Waals surface area contributed by atoms with Gasteiger partial charge in [-0.2, -0.15) is 0 Å². The molecule has 0 fully saturated rings. The van der Waals surface area contributed by atoms with E-state index in [0.29, 0.717) is 5.41 Å². The summed E-state index contributed by atoms with van der Waals surface area (Å²) < 4.78 is 0. The Bertz CT molecular complexity index is 255. The molecule has 0 radical (unpaired) electrons. The summed E-state index contributed by atoms with van der Waals surface area (Å²) in [6, 6.07) is 0. The van der Waals surface area contributed by atoms with Crippen molar-refractivity contribution in [3.05, 3.63) is 23.3 Å². The van der Waals surface area contributed by atoms with E-state index in [0.717, 1.165) is 13.0 Å². The predicted octanol–water partition coefficient (Wildman–Crippen LogP) is 4.83. The Morgan fingerprint density at radius 1 is 1.00 bits per heavy atom. The SMILES string of the molecule is CC(C)=CCCC(C)=CCCC(C)(C)CCN. The minimum Gasteiger partial charge on any atom is -0.330 e. The Kier molecular flexibility index (Phi) is 8.24. The number of nitrogens with two attached hydrogens (primary N) is 1. The van der Waals surface area contributed by atoms with Crippen LogP contribution < -0.4 is 5.73 Å². The highest BCUT2D eigenvalue weighted by Gasteiger charge is 2.15. The molecule has 0 aromatic heterocycles. The van der Waals surface area contributed by atoms with Crippen LogP contribution >= 0.6 is 0 Å². The second-order valence-corrected chi connectivity index (χ2v) is 6.11. The van der Waals surface area contributed by atoms with Gasteiger partial charge in [0.25, 0.3) is 0 Å². The molecule has 0 unspecified atom stereocenters. The maximum Gasteiger partial charge on any atom is -0.00722 e. The Labute approximate surface area is 108 Å². The van der Waals surface area contributed by atoms with Crippen LogP contribution in [0.15, 0.2) is 23.3 Å². The molecule has 17 heavy (non-hydrogen) atoms. The Balaban J connectivity index is 3.87. The molecule has 0 saturated carbocycles. The van der Waals surface area contributed by atoms with Crippen molar-refractivity contribution in [3.8, 4) is 0 Å². The summed E-state index contributed by atoms with van der Waals surface area (Å²) in [6.07, 6.45) is 10.6. The molecule has 0 atom stereocenters. The van der Waals surface area contributed by atoms with Gasteiger partial charge >= 0.3 is 0 Å². The molecule has 0 aromatic rings. The molecule has 0 aromatic carbocycles. The van der Waals surface area contributed by atoms with Crippen LogP contribution in [0, 0.1) is 5.41 Å². The van der Waals surface area contributed by atoms with Crippen molar-refractivity contribution in [3.63, 3.8) is 0 Å². The van der Waals surface area contributed by atoms with Crippen molar-refractivity contribution < 1.29 is 0 Å². The summed E-state index contributed by atoms with van der Waals surface area (Å²) in [5.74, 6) is 0. The minimum atomic E-state index is 0.394. The molecule has 0 bridgehead atoms. The van der Waals surface area contributed by atoms with Crippen molar-refractivity contribution in [1.29, 1.82) is 0 Å². The van der Waals surface area contributed by atoms with Crippen LogP contribution in [-0.4, -0.2) is 6.54 Å². The molecule has 2 N–H and O–H groups in total. The largest absolute Gasteiger partial charge is 0.330 e. The lowest BCUT2D eigenvalue weighted by Gasteiger charge is -2.22. The highest BCUT2D eigenvalue weighted by Crippen LogP contribution is 2.26. The zero-order valence-electron chi connectivity index (χ0n) is 12.5. The second kappa shape index (κ2) is 8.52. The molecule has 0 heterocycles. The van der Waals surface area contributed by atoms with Gasteiger partial charge in [0.15, 0.2) is 0 Å². The fraction of sp³-hybridized carbons (Fsp3) is 0.750. The van der Waals surface area contributed by atoms with Crippen LogP contribution in [0.4, 0.5) is 0 Å². The van der Waals surface area contributed by atoms with Crippen LogP contribution in [0.3, 0.4) is 0 Å². The van der Waals surface area contributed by atoms with Crippen LogP contribution in [0.5, 0.6) is 0 Å². The fourth-order valence-electron chi connectivity index (χ4n) is 1.92. The molecule has 1 nitrogen and oxygen atoms in total. The van der Waals surface area contributed by atoms with Gasteiger partial charge in [0, 0.05) is 0 Å². The number of hydrogen-bond donors (Lipinski definition) is 1. The normalized spacial score (nSPS) is 12.7. The van der Waals surface area contributed by atoms with Crippen LogP contribution in [0.25, 0.3) is 0 Å². The maximum atomic E-state index is 5.62. The summed E-state index contributed by atoms with van der Waals surface area (Å²) in [6.45, 7) is 12.0. The average molecular weight is 237 g/mol. The molecule has 0 aliphatic rings. The maximum absolute atomic E-state index is 5.62. The van der Waals surface area contributed by atoms with Crippen LogP contribution in [0.1, 0.15) is 66.7 Å². The van der Waals surface area contributed by atoms with E-state index in [-0.39, 0.29) is 0 Å². The third kappa shape index (κ3) is 10.3. The van der Waals surface area contributed by atoms with Gasteiger partial charge in [-0.15, -0.1) is 0 Å². The third-order valence-corrected chi connectivity index (χ3v) is 3.23. The number of hydrogen-bond acceptors (Lipinski definition) is 1. The molecule has 0 spiro atoms. The van der Waals surface area contributed by atoms with Crippen molar-refractivity contribution in [1.82, 2.24) is 0 Å². The van der Waals surface area contributed by atoms with E-state index in [2.05, 4.69) is 46.8 Å². The van der Waals surface area contributed by atoms with E-state index in [1.165, 1.54) is 36.8 Å². The Hall–Kier alpha value is -0.560. The summed E-state index contributed by atoms with van der Waals surface area (Å²) in [4.78, 5) is 0. The molecule has 100 valence electrons. The minimum absolute atomic E-state index is 0.394. The van der Waals surface area contributed by atoms with Crippen LogP contribution in [0.2, 0.25) is 0 Å². The quantitative estimate of drug-likeness (QED) is 0.601. The Morgan fingerprint density at radius 2 is 1.65 bits per heavy atom. The van der Waals surface area contributed by atoms with Gasteiger partial charge in [0.05, 0.1) is 0 Å². The lowest BCUT2D eigenvalue weighted by molar-refractivity contribution is 0.315. The van der Waals surface area contributed by atoms with Gasteiger partial charge in [-0.25, -0.2) is 0 Å². The molecular weight excluding hydrogens is 206 g/mol. The van der Waals surface area contributed by atoms with Crippen molar-refractivity contribution in [2.24, 2.45) is 11.1 Å². The molecule has 1 heteroatoms. The molecule has 0 aliphatic heterocycles. The van der Waals surface area contributed by atoms with E-state index < -0.39 is 0 Å². The van der Waals surface area contributed by atoms with E-state index in [4.69, 9.17) is 5.73 Å². The first-order valence-electron chi connectivity index (χ1n) is 6.86. The molecule has 0 amide bonds. The van der Waals surface area contributed by atoms with Gasteiger partial charge < -0.3 is 5.73 Å². The summed E-state index contributed by atoms with van der Waals surface area (Å²) in [5, 5.41) is 0. The van der Waals surface area contributed by atoms with Crippen molar-refractivity contribution >= 4 is 0 Å². The first-order valence-corrected chi connectivity index (χ1v) is 6.86. The van der Waals surface area contributed by atoms with E-state index in [1.807, 2.05) is 0 Å². The van der Waals surface area contributed by atoms with Gasteiger partial charge in [-0.3, -0.25) is 0 Å². The first kappa shape index (κ1) is 16.4. The fourth-order valence-corrected chi connectivity index (χ4v) is 1.92. The zero-order chi connectivity index (χ0) is 13.3. The lowest BCUT2D eigenvalue weighted by atomic mass is 9.84. The zero-order valence-corrected chi connectivity index (χ0v) is 12.5. The van der Waals surface area contributed by atoms with E-state index in [9.17, 15) is 0 Å². The summed E-state index contributed by atoms with van der Waals surface area (Å²) in [7, 11) is 0. The molecule has 0 saturated heterocycles. The molecule has 0 rings (SSSR count). The first-order chi connectivity index (χ1) is 7.87. The van der Waals surface area contributed by atoms with Gasteiger partial charge in [0.1, 0.15) is 0 Å². The van der Waals surface area contributed by atoms with Gasteiger partial charge in [-0.05, 0) is 64.8 Å². The van der Waals surface area contributed by atoms with Crippen molar-refractivity contribution in [2.45, 2.75) is 66.7 Å². The Morgan fingerprint density at radius 3 is 2.18 bits per heavy atom. The van der Waals surface area contributed by atoms with Gasteiger partial charge in [0.2, 0.25) is 0 Å².